The van der Waals surface area contributed by atoms with Crippen LogP contribution >= 0.6 is 11.6 Å². The van der Waals surface area contributed by atoms with E-state index in [9.17, 15) is 32.3 Å². The maximum atomic E-state index is 14.5. The van der Waals surface area contributed by atoms with Crippen molar-refractivity contribution in [1.82, 2.24) is 9.13 Å². The molecular formula is C26H21ClF4N2O4. The highest BCUT2D eigenvalue weighted by atomic mass is 35.5. The topological polar surface area (TPSA) is 84.5 Å². The Balaban J connectivity index is 1.82. The van der Waals surface area contributed by atoms with Gasteiger partial charge in [-0.1, -0.05) is 42.8 Å². The number of aryl methyl sites for hydroxylation is 2. The number of alkyl halides is 3. The maximum Gasteiger partial charge on any atom is 0.422 e. The van der Waals surface area contributed by atoms with E-state index >= 15 is 0 Å². The maximum absolute atomic E-state index is 14.5. The molecule has 1 heterocycles. The molecule has 194 valence electrons. The quantitative estimate of drug-likeness (QED) is 0.326. The van der Waals surface area contributed by atoms with Gasteiger partial charge in [0, 0.05) is 25.0 Å². The molecule has 2 atom stereocenters. The fraction of sp³-hybridized carbons (Fsp3) is 0.231. The minimum absolute atomic E-state index is 0.0205. The number of hydrogen-bond acceptors (Lipinski definition) is 3. The van der Waals surface area contributed by atoms with Crippen molar-refractivity contribution in [2.24, 2.45) is 14.1 Å². The second-order valence-corrected chi connectivity index (χ2v) is 9.23. The molecule has 0 aliphatic rings. The monoisotopic (exact) mass is 536 g/mol. The molecule has 0 saturated carbocycles. The van der Waals surface area contributed by atoms with Crippen LogP contribution in [0.1, 0.15) is 34.3 Å². The number of carboxylic acid groups (broad SMARTS) is 1. The summed E-state index contributed by atoms with van der Waals surface area (Å²) in [5, 5.41) is 20.3. The minimum Gasteiger partial charge on any atom is -0.478 e. The molecule has 4 rings (SSSR count). The van der Waals surface area contributed by atoms with Crippen LogP contribution in [0.4, 0.5) is 17.6 Å². The van der Waals surface area contributed by atoms with Crippen LogP contribution in [0.25, 0.3) is 22.2 Å². The molecule has 3 aromatic carbocycles. The number of aromatic carboxylic acids is 1. The number of rotatable bonds is 5. The number of imidazole rings is 1. The van der Waals surface area contributed by atoms with E-state index in [4.69, 9.17) is 16.7 Å². The molecule has 37 heavy (non-hydrogen) atoms. The van der Waals surface area contributed by atoms with Gasteiger partial charge in [0.1, 0.15) is 5.82 Å². The van der Waals surface area contributed by atoms with Crippen LogP contribution < -0.4 is 5.69 Å². The Bertz CT molecular complexity index is 1610. The lowest BCUT2D eigenvalue weighted by Crippen LogP contribution is -2.46. The third-order valence-electron chi connectivity index (χ3n) is 6.77. The van der Waals surface area contributed by atoms with E-state index in [1.165, 1.54) is 60.5 Å². The highest BCUT2D eigenvalue weighted by Gasteiger charge is 2.59. The standard InChI is InChI=1S/C26H21ClF4N2O4/c1-13(17-7-4-15(11-19(17)27)14-5-8-20(28)18(10-14)23(34)35)25(37,26(29,30)31)16-6-9-21-22(12-16)33(3)24(36)32(21)2/h4-13,37H,1-3H3,(H,34,35)/t13-,25-/m1/s1. The Morgan fingerprint density at radius 2 is 1.54 bits per heavy atom. The van der Waals surface area contributed by atoms with Gasteiger partial charge in [-0.3, -0.25) is 9.13 Å². The van der Waals surface area contributed by atoms with Gasteiger partial charge in [-0.05, 0) is 52.6 Å². The Hall–Kier alpha value is -3.63. The van der Waals surface area contributed by atoms with Gasteiger partial charge in [0.15, 0.2) is 5.60 Å². The van der Waals surface area contributed by atoms with Crippen molar-refractivity contribution >= 4 is 28.6 Å². The van der Waals surface area contributed by atoms with Gasteiger partial charge in [-0.2, -0.15) is 13.2 Å². The molecule has 0 saturated heterocycles. The van der Waals surface area contributed by atoms with Gasteiger partial charge in [0.25, 0.3) is 0 Å². The predicted molar refractivity (Wildman–Crippen MR) is 130 cm³/mol. The summed E-state index contributed by atoms with van der Waals surface area (Å²) in [6.07, 6.45) is -5.12. The second-order valence-electron chi connectivity index (χ2n) is 8.83. The summed E-state index contributed by atoms with van der Waals surface area (Å²) in [4.78, 5) is 23.5. The largest absolute Gasteiger partial charge is 0.478 e. The smallest absolute Gasteiger partial charge is 0.422 e. The van der Waals surface area contributed by atoms with Crippen molar-refractivity contribution in [1.29, 1.82) is 0 Å². The van der Waals surface area contributed by atoms with Crippen molar-refractivity contribution in [2.75, 3.05) is 0 Å². The van der Waals surface area contributed by atoms with E-state index in [2.05, 4.69) is 0 Å². The van der Waals surface area contributed by atoms with Crippen molar-refractivity contribution in [2.45, 2.75) is 24.6 Å². The zero-order valence-corrected chi connectivity index (χ0v) is 20.5. The fourth-order valence-electron chi connectivity index (χ4n) is 4.55. The number of carboxylic acids is 1. The Kier molecular flexibility index (Phi) is 6.46. The van der Waals surface area contributed by atoms with E-state index in [1.807, 2.05) is 0 Å². The summed E-state index contributed by atoms with van der Waals surface area (Å²) in [5.74, 6) is -4.00. The van der Waals surface area contributed by atoms with Gasteiger partial charge in [-0.15, -0.1) is 0 Å². The SMILES string of the molecule is C[C@H](c1ccc(-c2ccc(F)c(C(=O)O)c2)cc1Cl)[C@@](O)(c1ccc2c(c1)n(C)c(=O)n2C)C(F)(F)F. The number of hydrogen-bond donors (Lipinski definition) is 2. The third-order valence-corrected chi connectivity index (χ3v) is 7.10. The summed E-state index contributed by atoms with van der Waals surface area (Å²) in [6.45, 7) is 1.18. The molecule has 4 aromatic rings. The summed E-state index contributed by atoms with van der Waals surface area (Å²) < 4.78 is 59.7. The van der Waals surface area contributed by atoms with Gasteiger partial charge < -0.3 is 10.2 Å². The molecule has 1 aromatic heterocycles. The van der Waals surface area contributed by atoms with E-state index < -0.39 is 46.3 Å². The normalized spacial score (nSPS) is 14.5. The van der Waals surface area contributed by atoms with Crippen molar-refractivity contribution in [3.8, 4) is 11.1 Å². The molecule has 0 spiro atoms. The van der Waals surface area contributed by atoms with Gasteiger partial charge in [0.05, 0.1) is 16.6 Å². The highest BCUT2D eigenvalue weighted by molar-refractivity contribution is 6.31. The lowest BCUT2D eigenvalue weighted by Gasteiger charge is -2.37. The van der Waals surface area contributed by atoms with Crippen LogP contribution in [-0.2, 0) is 19.7 Å². The summed E-state index contributed by atoms with van der Waals surface area (Å²) >= 11 is 6.38. The number of nitrogens with zero attached hydrogens (tertiary/aromatic N) is 2. The first-order valence-corrected chi connectivity index (χ1v) is 11.3. The highest BCUT2D eigenvalue weighted by Crippen LogP contribution is 2.50. The Morgan fingerprint density at radius 3 is 2.14 bits per heavy atom. The van der Waals surface area contributed by atoms with E-state index in [-0.39, 0.29) is 16.1 Å². The molecule has 11 heteroatoms. The molecule has 0 aliphatic carbocycles. The number of aromatic nitrogens is 2. The van der Waals surface area contributed by atoms with E-state index in [1.54, 1.807) is 0 Å². The van der Waals surface area contributed by atoms with Gasteiger partial charge >= 0.3 is 17.8 Å². The molecular weight excluding hydrogens is 516 g/mol. The average Bonchev–Trinajstić information content (AvgIpc) is 3.05. The van der Waals surface area contributed by atoms with E-state index in [0.29, 0.717) is 16.6 Å². The second kappa shape index (κ2) is 9.04. The lowest BCUT2D eigenvalue weighted by atomic mass is 9.77. The first-order valence-electron chi connectivity index (χ1n) is 11.0. The fourth-order valence-corrected chi connectivity index (χ4v) is 4.90. The summed E-state index contributed by atoms with van der Waals surface area (Å²) in [5.41, 5.74) is -3.60. The molecule has 0 bridgehead atoms. The number of carbonyl (C=O) groups is 1. The first-order chi connectivity index (χ1) is 17.2. The van der Waals surface area contributed by atoms with Crippen LogP contribution in [0.3, 0.4) is 0 Å². The van der Waals surface area contributed by atoms with Gasteiger partial charge in [0.2, 0.25) is 0 Å². The number of halogens is 5. The molecule has 0 radical (unpaired) electrons. The summed E-state index contributed by atoms with van der Waals surface area (Å²) in [6, 6.07) is 11.0. The van der Waals surface area contributed by atoms with Crippen LogP contribution in [0.2, 0.25) is 5.02 Å². The Morgan fingerprint density at radius 1 is 0.946 bits per heavy atom. The minimum atomic E-state index is -5.12. The average molecular weight is 537 g/mol. The molecule has 2 N–H and O–H groups in total. The van der Waals surface area contributed by atoms with Crippen molar-refractivity contribution in [3.05, 3.63) is 92.6 Å². The van der Waals surface area contributed by atoms with Crippen LogP contribution in [0.5, 0.6) is 0 Å². The first kappa shape index (κ1) is 26.4. The number of aliphatic hydroxyl groups is 1. The molecule has 0 unspecified atom stereocenters. The van der Waals surface area contributed by atoms with E-state index in [0.717, 1.165) is 24.3 Å². The molecule has 0 amide bonds. The van der Waals surface area contributed by atoms with Crippen molar-refractivity contribution < 1.29 is 32.6 Å². The number of fused-ring (bicyclic) bond motifs is 1. The molecule has 6 nitrogen and oxygen atoms in total. The molecule has 0 aliphatic heterocycles. The lowest BCUT2D eigenvalue weighted by molar-refractivity contribution is -0.274. The van der Waals surface area contributed by atoms with Gasteiger partial charge in [-0.25, -0.2) is 14.0 Å². The van der Waals surface area contributed by atoms with Crippen LogP contribution in [-0.4, -0.2) is 31.5 Å². The van der Waals surface area contributed by atoms with Crippen LogP contribution in [0, 0.1) is 5.82 Å². The molecule has 0 fully saturated rings. The van der Waals surface area contributed by atoms with Crippen LogP contribution in [0.15, 0.2) is 59.4 Å². The third kappa shape index (κ3) is 4.19. The Labute approximate surface area is 213 Å². The zero-order chi connectivity index (χ0) is 27.4. The predicted octanol–water partition coefficient (Wildman–Crippen LogP) is 5.59. The number of benzene rings is 3. The zero-order valence-electron chi connectivity index (χ0n) is 19.8. The summed E-state index contributed by atoms with van der Waals surface area (Å²) in [7, 11) is 2.91. The van der Waals surface area contributed by atoms with Crippen molar-refractivity contribution in [3.63, 3.8) is 0 Å².